The number of hydrogen-bond acceptors (Lipinski definition) is 4. The maximum absolute atomic E-state index is 12.3. The van der Waals surface area contributed by atoms with E-state index >= 15 is 0 Å². The molecule has 1 aromatic heterocycles. The molecule has 1 heterocycles. The first-order chi connectivity index (χ1) is 13.0. The molecule has 27 heavy (non-hydrogen) atoms. The van der Waals surface area contributed by atoms with E-state index in [4.69, 9.17) is 23.2 Å². The van der Waals surface area contributed by atoms with Gasteiger partial charge in [-0.3, -0.25) is 4.79 Å². The van der Waals surface area contributed by atoms with Gasteiger partial charge in [-0.1, -0.05) is 53.2 Å². The molecule has 3 aromatic rings. The molecule has 0 saturated carbocycles. The third-order valence-corrected chi connectivity index (χ3v) is 5.49. The van der Waals surface area contributed by atoms with E-state index in [-0.39, 0.29) is 11.7 Å². The third kappa shape index (κ3) is 4.64. The van der Waals surface area contributed by atoms with Gasteiger partial charge >= 0.3 is 0 Å². The van der Waals surface area contributed by atoms with Crippen molar-refractivity contribution in [2.45, 2.75) is 25.5 Å². The van der Waals surface area contributed by atoms with Crippen LogP contribution in [0.5, 0.6) is 0 Å². The van der Waals surface area contributed by atoms with Crippen LogP contribution in [-0.4, -0.2) is 26.4 Å². The second-order valence-electron chi connectivity index (χ2n) is 5.83. The van der Waals surface area contributed by atoms with Gasteiger partial charge in [-0.15, -0.1) is 10.2 Å². The van der Waals surface area contributed by atoms with Crippen molar-refractivity contribution >= 4 is 46.6 Å². The van der Waals surface area contributed by atoms with Crippen molar-refractivity contribution in [3.8, 4) is 11.4 Å². The summed E-state index contributed by atoms with van der Waals surface area (Å²) in [5.41, 5.74) is 2.48. The van der Waals surface area contributed by atoms with Crippen LogP contribution in [0.15, 0.2) is 47.6 Å². The lowest BCUT2D eigenvalue weighted by molar-refractivity contribution is -0.113. The number of amides is 1. The number of nitrogens with one attached hydrogen (secondary N) is 1. The van der Waals surface area contributed by atoms with Crippen LogP contribution < -0.4 is 5.32 Å². The van der Waals surface area contributed by atoms with Gasteiger partial charge in [0.15, 0.2) is 11.0 Å². The smallest absolute Gasteiger partial charge is 0.234 e. The first kappa shape index (κ1) is 19.7. The van der Waals surface area contributed by atoms with Gasteiger partial charge in [-0.05, 0) is 43.7 Å². The minimum absolute atomic E-state index is 0.129. The molecule has 1 N–H and O–H groups in total. The van der Waals surface area contributed by atoms with Crippen molar-refractivity contribution in [2.75, 3.05) is 11.1 Å². The summed E-state index contributed by atoms with van der Waals surface area (Å²) in [6.07, 6.45) is 0. The van der Waals surface area contributed by atoms with Gasteiger partial charge in [0.25, 0.3) is 0 Å². The molecule has 0 saturated heterocycles. The Balaban J connectivity index is 1.72. The van der Waals surface area contributed by atoms with Gasteiger partial charge in [0.05, 0.1) is 10.8 Å². The average Bonchev–Trinajstić information content (AvgIpc) is 3.06. The zero-order valence-corrected chi connectivity index (χ0v) is 17.2. The number of rotatable bonds is 6. The number of carbonyl (C=O) groups excluding carboxylic acids is 1. The average molecular weight is 421 g/mol. The lowest BCUT2D eigenvalue weighted by atomic mass is 10.2. The van der Waals surface area contributed by atoms with Crippen molar-refractivity contribution in [2.24, 2.45) is 0 Å². The molecular formula is C19H18Cl2N4OS. The molecule has 0 radical (unpaired) electrons. The Kier molecular flexibility index (Phi) is 6.42. The minimum atomic E-state index is -0.129. The van der Waals surface area contributed by atoms with Gasteiger partial charge in [0.1, 0.15) is 0 Å². The summed E-state index contributed by atoms with van der Waals surface area (Å²) in [6, 6.07) is 12.9. The van der Waals surface area contributed by atoms with Gasteiger partial charge in [0.2, 0.25) is 5.91 Å². The highest BCUT2D eigenvalue weighted by Gasteiger charge is 2.16. The monoisotopic (exact) mass is 420 g/mol. The Labute approximate surface area is 172 Å². The minimum Gasteiger partial charge on any atom is -0.325 e. The molecule has 140 valence electrons. The highest BCUT2D eigenvalue weighted by atomic mass is 35.5. The fourth-order valence-electron chi connectivity index (χ4n) is 2.57. The first-order valence-electron chi connectivity index (χ1n) is 8.36. The van der Waals surface area contributed by atoms with Gasteiger partial charge in [-0.2, -0.15) is 0 Å². The SMILES string of the molecule is CCn1c(SCC(=O)Nc2cc(Cl)ccc2C)nnc1-c1ccccc1Cl. The second kappa shape index (κ2) is 8.78. The molecule has 0 fully saturated rings. The molecule has 8 heteroatoms. The van der Waals surface area contributed by atoms with E-state index < -0.39 is 0 Å². The Hall–Kier alpha value is -2.02. The van der Waals surface area contributed by atoms with E-state index in [1.54, 1.807) is 12.1 Å². The predicted molar refractivity (Wildman–Crippen MR) is 112 cm³/mol. The Morgan fingerprint density at radius 1 is 1.19 bits per heavy atom. The van der Waals surface area contributed by atoms with Crippen LogP contribution in [-0.2, 0) is 11.3 Å². The number of aromatic nitrogens is 3. The summed E-state index contributed by atoms with van der Waals surface area (Å²) in [7, 11) is 0. The molecule has 2 aromatic carbocycles. The van der Waals surface area contributed by atoms with Crippen LogP contribution in [0.3, 0.4) is 0 Å². The molecule has 0 bridgehead atoms. The molecule has 0 aliphatic heterocycles. The van der Waals surface area contributed by atoms with Crippen LogP contribution >= 0.6 is 35.0 Å². The number of nitrogens with zero attached hydrogens (tertiary/aromatic N) is 3. The van der Waals surface area contributed by atoms with E-state index in [0.29, 0.717) is 33.3 Å². The standard InChI is InChI=1S/C19H18Cl2N4OS/c1-3-25-18(14-6-4-5-7-15(14)21)23-24-19(25)27-11-17(26)22-16-10-13(20)9-8-12(16)2/h4-10H,3,11H2,1-2H3,(H,22,26). The summed E-state index contributed by atoms with van der Waals surface area (Å²) in [5, 5.41) is 13.2. The number of carbonyl (C=O) groups is 1. The van der Waals surface area contributed by atoms with Crippen molar-refractivity contribution in [1.29, 1.82) is 0 Å². The largest absolute Gasteiger partial charge is 0.325 e. The second-order valence-corrected chi connectivity index (χ2v) is 7.61. The Bertz CT molecular complexity index is 974. The highest BCUT2D eigenvalue weighted by molar-refractivity contribution is 7.99. The number of anilines is 1. The van der Waals surface area contributed by atoms with Gasteiger partial charge in [0, 0.05) is 22.8 Å². The molecule has 1 amide bonds. The van der Waals surface area contributed by atoms with Crippen LogP contribution in [0.25, 0.3) is 11.4 Å². The molecule has 0 atom stereocenters. The normalized spacial score (nSPS) is 10.8. The molecule has 3 rings (SSSR count). The zero-order chi connectivity index (χ0) is 19.4. The summed E-state index contributed by atoms with van der Waals surface area (Å²) >= 11 is 13.6. The summed E-state index contributed by atoms with van der Waals surface area (Å²) < 4.78 is 1.95. The van der Waals surface area contributed by atoms with Crippen molar-refractivity contribution < 1.29 is 4.79 Å². The number of halogens is 2. The maximum atomic E-state index is 12.3. The summed E-state index contributed by atoms with van der Waals surface area (Å²) in [6.45, 7) is 4.59. The lowest BCUT2D eigenvalue weighted by Gasteiger charge is -2.10. The number of benzene rings is 2. The third-order valence-electron chi connectivity index (χ3n) is 3.95. The Morgan fingerprint density at radius 3 is 2.70 bits per heavy atom. The molecule has 0 aliphatic rings. The number of hydrogen-bond donors (Lipinski definition) is 1. The lowest BCUT2D eigenvalue weighted by Crippen LogP contribution is -2.15. The predicted octanol–water partition coefficient (Wildman–Crippen LogP) is 5.31. The van der Waals surface area contributed by atoms with E-state index in [0.717, 1.165) is 11.1 Å². The van der Waals surface area contributed by atoms with Crippen molar-refractivity contribution in [3.05, 3.63) is 58.1 Å². The molecule has 0 unspecified atom stereocenters. The van der Waals surface area contributed by atoms with Crippen LogP contribution in [0, 0.1) is 6.92 Å². The van der Waals surface area contributed by atoms with Crippen LogP contribution in [0.4, 0.5) is 5.69 Å². The quantitative estimate of drug-likeness (QED) is 0.548. The van der Waals surface area contributed by atoms with Crippen LogP contribution in [0.1, 0.15) is 12.5 Å². The van der Waals surface area contributed by atoms with E-state index in [9.17, 15) is 4.79 Å². The Morgan fingerprint density at radius 2 is 1.96 bits per heavy atom. The fourth-order valence-corrected chi connectivity index (χ4v) is 3.76. The molecule has 0 spiro atoms. The first-order valence-corrected chi connectivity index (χ1v) is 10.1. The van der Waals surface area contributed by atoms with Crippen molar-refractivity contribution in [1.82, 2.24) is 14.8 Å². The number of thioether (sulfide) groups is 1. The highest BCUT2D eigenvalue weighted by Crippen LogP contribution is 2.29. The van der Waals surface area contributed by atoms with Gasteiger partial charge < -0.3 is 9.88 Å². The molecule has 0 aliphatic carbocycles. The van der Waals surface area contributed by atoms with Crippen molar-refractivity contribution in [3.63, 3.8) is 0 Å². The molecular weight excluding hydrogens is 403 g/mol. The fraction of sp³-hybridized carbons (Fsp3) is 0.211. The van der Waals surface area contributed by atoms with Gasteiger partial charge in [-0.25, -0.2) is 0 Å². The molecule has 5 nitrogen and oxygen atoms in total. The number of aryl methyl sites for hydroxylation is 1. The van der Waals surface area contributed by atoms with E-state index in [1.807, 2.05) is 48.7 Å². The summed E-state index contributed by atoms with van der Waals surface area (Å²) in [5.74, 6) is 0.777. The maximum Gasteiger partial charge on any atom is 0.234 e. The summed E-state index contributed by atoms with van der Waals surface area (Å²) in [4.78, 5) is 12.3. The topological polar surface area (TPSA) is 59.8 Å². The van der Waals surface area contributed by atoms with E-state index in [2.05, 4.69) is 15.5 Å². The zero-order valence-electron chi connectivity index (χ0n) is 14.9. The van der Waals surface area contributed by atoms with E-state index in [1.165, 1.54) is 11.8 Å². The van der Waals surface area contributed by atoms with Crippen LogP contribution in [0.2, 0.25) is 10.0 Å².